The highest BCUT2D eigenvalue weighted by Crippen LogP contribution is 2.36. The second-order valence-corrected chi connectivity index (χ2v) is 10.9. The van der Waals surface area contributed by atoms with Gasteiger partial charge in [0.1, 0.15) is 23.1 Å². The first kappa shape index (κ1) is 25.2. The molecule has 35 heavy (non-hydrogen) atoms. The molecule has 3 aromatic rings. The predicted molar refractivity (Wildman–Crippen MR) is 132 cm³/mol. The quantitative estimate of drug-likeness (QED) is 0.530. The summed E-state index contributed by atoms with van der Waals surface area (Å²) in [4.78, 5) is 14.5. The van der Waals surface area contributed by atoms with Crippen molar-refractivity contribution in [2.24, 2.45) is 5.92 Å². The number of pyridine rings is 1. The summed E-state index contributed by atoms with van der Waals surface area (Å²) in [6.07, 6.45) is 8.18. The van der Waals surface area contributed by atoms with Crippen LogP contribution in [0.3, 0.4) is 0 Å². The van der Waals surface area contributed by atoms with Crippen molar-refractivity contribution >= 4 is 10.0 Å². The zero-order valence-corrected chi connectivity index (χ0v) is 21.0. The first-order chi connectivity index (χ1) is 16.8. The van der Waals surface area contributed by atoms with E-state index in [1.807, 2.05) is 26.1 Å². The van der Waals surface area contributed by atoms with Gasteiger partial charge in [-0.05, 0) is 37.7 Å². The molecule has 0 unspecified atom stereocenters. The summed E-state index contributed by atoms with van der Waals surface area (Å²) < 4.78 is 35.1. The minimum Gasteiger partial charge on any atom is -0.487 e. The van der Waals surface area contributed by atoms with Crippen LogP contribution in [0.4, 0.5) is 0 Å². The number of aliphatic hydroxyl groups is 1. The number of hydrogen-bond acceptors (Lipinski definition) is 8. The zero-order valence-electron chi connectivity index (χ0n) is 20.2. The molecule has 3 heterocycles. The van der Waals surface area contributed by atoms with Gasteiger partial charge < -0.3 is 9.84 Å². The molecule has 3 atom stereocenters. The SMILES string of the molecule is C[C@H]1CN([C@@H](C)CO)S(=O)(=O)c2ccc(-c3cccnc3)cc2O[C@@H]1CN(C)Cc1cncnc1. The Morgan fingerprint density at radius 2 is 1.94 bits per heavy atom. The molecule has 0 saturated heterocycles. The molecular weight excluding hydrogens is 466 g/mol. The molecule has 0 spiro atoms. The summed E-state index contributed by atoms with van der Waals surface area (Å²) >= 11 is 0. The van der Waals surface area contributed by atoms with Crippen LogP contribution in [0.1, 0.15) is 19.4 Å². The molecule has 186 valence electrons. The van der Waals surface area contributed by atoms with Crippen LogP contribution in [0.5, 0.6) is 5.75 Å². The van der Waals surface area contributed by atoms with E-state index in [1.165, 1.54) is 10.6 Å². The molecule has 1 N–H and O–H groups in total. The van der Waals surface area contributed by atoms with E-state index in [2.05, 4.69) is 19.9 Å². The molecule has 2 aromatic heterocycles. The van der Waals surface area contributed by atoms with E-state index in [0.717, 1.165) is 16.7 Å². The van der Waals surface area contributed by atoms with Crippen LogP contribution in [0, 0.1) is 5.92 Å². The number of aliphatic hydroxyl groups excluding tert-OH is 1. The van der Waals surface area contributed by atoms with Crippen molar-refractivity contribution in [2.75, 3.05) is 26.7 Å². The van der Waals surface area contributed by atoms with Crippen molar-refractivity contribution in [1.82, 2.24) is 24.2 Å². The molecule has 1 aliphatic rings. The van der Waals surface area contributed by atoms with E-state index in [-0.39, 0.29) is 30.1 Å². The molecule has 9 nitrogen and oxygen atoms in total. The molecule has 4 rings (SSSR count). The number of sulfonamides is 1. The molecule has 0 radical (unpaired) electrons. The lowest BCUT2D eigenvalue weighted by Gasteiger charge is -2.37. The first-order valence-electron chi connectivity index (χ1n) is 11.6. The average Bonchev–Trinajstić information content (AvgIpc) is 2.86. The fourth-order valence-electron chi connectivity index (χ4n) is 4.25. The Balaban J connectivity index is 1.72. The van der Waals surface area contributed by atoms with E-state index in [0.29, 0.717) is 18.8 Å². The van der Waals surface area contributed by atoms with E-state index in [1.54, 1.807) is 49.9 Å². The molecular formula is C25H31N5O4S. The summed E-state index contributed by atoms with van der Waals surface area (Å²) in [7, 11) is -1.90. The Morgan fingerprint density at radius 3 is 2.63 bits per heavy atom. The topological polar surface area (TPSA) is 109 Å². The van der Waals surface area contributed by atoms with Gasteiger partial charge in [-0.2, -0.15) is 4.31 Å². The normalized spacial score (nSPS) is 20.9. The molecule has 0 bridgehead atoms. The van der Waals surface area contributed by atoms with Crippen LogP contribution in [0.2, 0.25) is 0 Å². The van der Waals surface area contributed by atoms with Crippen LogP contribution in [0.25, 0.3) is 11.1 Å². The maximum absolute atomic E-state index is 13.6. The van der Waals surface area contributed by atoms with Crippen LogP contribution < -0.4 is 4.74 Å². The summed E-state index contributed by atoms with van der Waals surface area (Å²) in [6, 6.07) is 8.30. The number of aromatic nitrogens is 3. The van der Waals surface area contributed by atoms with Crippen molar-refractivity contribution in [3.63, 3.8) is 0 Å². The van der Waals surface area contributed by atoms with Crippen molar-refractivity contribution in [2.45, 2.75) is 37.4 Å². The van der Waals surface area contributed by atoms with E-state index in [9.17, 15) is 13.5 Å². The minimum atomic E-state index is -3.88. The molecule has 0 fully saturated rings. The van der Waals surface area contributed by atoms with Gasteiger partial charge in [0, 0.05) is 67.5 Å². The molecule has 0 amide bonds. The maximum Gasteiger partial charge on any atom is 0.247 e. The smallest absolute Gasteiger partial charge is 0.247 e. The van der Waals surface area contributed by atoms with Crippen LogP contribution in [0.15, 0.2) is 66.3 Å². The lowest BCUT2D eigenvalue weighted by atomic mass is 10.0. The fraction of sp³-hybridized carbons (Fsp3) is 0.400. The molecule has 0 aliphatic carbocycles. The summed E-state index contributed by atoms with van der Waals surface area (Å²) in [6.45, 7) is 4.86. The third kappa shape index (κ3) is 5.67. The fourth-order valence-corrected chi connectivity index (χ4v) is 6.08. The van der Waals surface area contributed by atoms with Gasteiger partial charge in [-0.3, -0.25) is 9.88 Å². The predicted octanol–water partition coefficient (Wildman–Crippen LogP) is 2.44. The molecule has 1 aromatic carbocycles. The Labute approximate surface area is 206 Å². The highest BCUT2D eigenvalue weighted by Gasteiger charge is 2.38. The number of benzene rings is 1. The van der Waals surface area contributed by atoms with E-state index >= 15 is 0 Å². The Kier molecular flexibility index (Phi) is 7.75. The summed E-state index contributed by atoms with van der Waals surface area (Å²) in [5.74, 6) is 0.165. The van der Waals surface area contributed by atoms with Gasteiger partial charge in [0.2, 0.25) is 10.0 Å². The highest BCUT2D eigenvalue weighted by molar-refractivity contribution is 7.89. The first-order valence-corrected chi connectivity index (χ1v) is 13.0. The van der Waals surface area contributed by atoms with Gasteiger partial charge in [-0.15, -0.1) is 0 Å². The highest BCUT2D eigenvalue weighted by atomic mass is 32.2. The van der Waals surface area contributed by atoms with Crippen LogP contribution >= 0.6 is 0 Å². The third-order valence-corrected chi connectivity index (χ3v) is 8.24. The Morgan fingerprint density at radius 1 is 1.17 bits per heavy atom. The van der Waals surface area contributed by atoms with Gasteiger partial charge in [0.15, 0.2) is 0 Å². The van der Waals surface area contributed by atoms with Crippen molar-refractivity contribution in [3.05, 3.63) is 67.0 Å². The average molecular weight is 498 g/mol. The lowest BCUT2D eigenvalue weighted by Crippen LogP contribution is -2.49. The largest absolute Gasteiger partial charge is 0.487 e. The third-order valence-electron chi connectivity index (χ3n) is 6.22. The van der Waals surface area contributed by atoms with Crippen molar-refractivity contribution in [3.8, 4) is 16.9 Å². The van der Waals surface area contributed by atoms with Gasteiger partial charge >= 0.3 is 0 Å². The zero-order chi connectivity index (χ0) is 25.0. The number of nitrogens with zero attached hydrogens (tertiary/aromatic N) is 5. The van der Waals surface area contributed by atoms with Crippen molar-refractivity contribution in [1.29, 1.82) is 0 Å². The Hall–Kier alpha value is -2.92. The van der Waals surface area contributed by atoms with Gasteiger partial charge in [-0.1, -0.05) is 19.1 Å². The van der Waals surface area contributed by atoms with E-state index in [4.69, 9.17) is 4.74 Å². The monoisotopic (exact) mass is 497 g/mol. The number of rotatable bonds is 7. The second kappa shape index (κ2) is 10.8. The second-order valence-electron chi connectivity index (χ2n) is 9.09. The van der Waals surface area contributed by atoms with E-state index < -0.39 is 16.1 Å². The number of likely N-dealkylation sites (N-methyl/N-ethyl adjacent to an activating group) is 1. The number of ether oxygens (including phenoxy) is 1. The lowest BCUT2D eigenvalue weighted by molar-refractivity contribution is 0.0733. The van der Waals surface area contributed by atoms with Gasteiger partial charge in [-0.25, -0.2) is 18.4 Å². The summed E-state index contributed by atoms with van der Waals surface area (Å²) in [5.41, 5.74) is 2.66. The van der Waals surface area contributed by atoms with Gasteiger partial charge in [0.25, 0.3) is 0 Å². The molecule has 1 aliphatic heterocycles. The van der Waals surface area contributed by atoms with Crippen LogP contribution in [-0.2, 0) is 16.6 Å². The standard InChI is InChI=1S/C25H31N5O4S/c1-18-13-30(19(2)16-31)35(32,33)25-7-6-21(22-5-4-8-26-12-22)9-23(25)34-24(18)15-29(3)14-20-10-27-17-28-11-20/h4-12,17-19,24,31H,13-16H2,1-3H3/t18-,19-,24+/m0/s1. The van der Waals surface area contributed by atoms with Crippen molar-refractivity contribution < 1.29 is 18.3 Å². The Bertz CT molecular complexity index is 1230. The van der Waals surface area contributed by atoms with Crippen LogP contribution in [-0.4, -0.2) is 76.6 Å². The molecule has 10 heteroatoms. The summed E-state index contributed by atoms with van der Waals surface area (Å²) in [5, 5.41) is 9.82. The van der Waals surface area contributed by atoms with Gasteiger partial charge in [0.05, 0.1) is 6.61 Å². The maximum atomic E-state index is 13.6. The minimum absolute atomic E-state index is 0.0986. The number of hydrogen-bond donors (Lipinski definition) is 1. The number of fused-ring (bicyclic) bond motifs is 1. The molecule has 0 saturated carbocycles.